The zero-order valence-corrected chi connectivity index (χ0v) is 20.4. The quantitative estimate of drug-likeness (QED) is 0.218. The number of aliphatic imine (C=N–C) groups is 2. The Labute approximate surface area is 212 Å². The van der Waals surface area contributed by atoms with Crippen molar-refractivity contribution in [3.8, 4) is 0 Å². The molecule has 1 amide bonds. The molecule has 2 aliphatic heterocycles. The van der Waals surface area contributed by atoms with E-state index in [1.807, 2.05) is 66.5 Å². The Morgan fingerprint density at radius 3 is 2.69 bits per heavy atom. The van der Waals surface area contributed by atoms with Crippen LogP contribution in [0.25, 0.3) is 6.08 Å². The number of anilines is 1. The van der Waals surface area contributed by atoms with Gasteiger partial charge in [0, 0.05) is 5.75 Å². The molecule has 2 aromatic carbocycles. The van der Waals surface area contributed by atoms with Crippen molar-refractivity contribution in [3.05, 3.63) is 77.6 Å². The molecule has 2 aliphatic rings. The molecule has 5 rings (SSSR count). The fourth-order valence-electron chi connectivity index (χ4n) is 3.75. The first-order valence-electron chi connectivity index (χ1n) is 11.4. The molecule has 36 heavy (non-hydrogen) atoms. The maximum atomic E-state index is 13.3. The second-order valence-electron chi connectivity index (χ2n) is 8.08. The number of aromatic nitrogens is 2. The number of hydrogen-bond donors (Lipinski definition) is 0. The van der Waals surface area contributed by atoms with E-state index < -0.39 is 5.90 Å². The molecule has 11 heteroatoms. The molecule has 3 heterocycles. The summed E-state index contributed by atoms with van der Waals surface area (Å²) < 4.78 is 10.5. The molecular formula is C25H24N6O4S. The lowest BCUT2D eigenvalue weighted by Crippen LogP contribution is -2.62. The van der Waals surface area contributed by atoms with Crippen LogP contribution in [0, 0.1) is 6.92 Å². The molecule has 0 aliphatic carbocycles. The molecule has 0 saturated carbocycles. The fourth-order valence-corrected chi connectivity index (χ4v) is 4.54. The first-order valence-corrected chi connectivity index (χ1v) is 12.4. The predicted molar refractivity (Wildman–Crippen MR) is 136 cm³/mol. The Hall–Kier alpha value is -3.96. The van der Waals surface area contributed by atoms with Gasteiger partial charge in [-0.25, -0.2) is 9.98 Å². The van der Waals surface area contributed by atoms with Crippen LogP contribution in [0.2, 0.25) is 0 Å². The maximum Gasteiger partial charge on any atom is 0.324 e. The van der Waals surface area contributed by atoms with E-state index in [1.165, 1.54) is 9.69 Å². The van der Waals surface area contributed by atoms with Gasteiger partial charge in [0.2, 0.25) is 5.27 Å². The summed E-state index contributed by atoms with van der Waals surface area (Å²) in [7, 11) is 0. The van der Waals surface area contributed by atoms with Gasteiger partial charge in [0.15, 0.2) is 5.17 Å². The molecule has 0 unspecified atom stereocenters. The van der Waals surface area contributed by atoms with Gasteiger partial charge in [-0.1, -0.05) is 54.2 Å². The largest absolute Gasteiger partial charge is 0.861 e. The van der Waals surface area contributed by atoms with Crippen LogP contribution in [0.4, 0.5) is 11.6 Å². The van der Waals surface area contributed by atoms with E-state index >= 15 is 0 Å². The summed E-state index contributed by atoms with van der Waals surface area (Å²) in [6, 6.07) is 17.0. The van der Waals surface area contributed by atoms with Gasteiger partial charge in [0.25, 0.3) is 12.1 Å². The lowest BCUT2D eigenvalue weighted by molar-refractivity contribution is -0.759. The summed E-state index contributed by atoms with van der Waals surface area (Å²) in [6.07, 6.45) is 3.33. The SMILES string of the molecule is Cc1ccccc1/C=C1/N=C(SC/C([O-])=N/c2c[n+](N3CCOCC3)no2)N(c2ccccc2)C1=O. The summed E-state index contributed by atoms with van der Waals surface area (Å²) in [6.45, 7) is 4.51. The number of morpholine rings is 1. The second-order valence-corrected chi connectivity index (χ2v) is 9.02. The predicted octanol–water partition coefficient (Wildman–Crippen LogP) is 1.81. The van der Waals surface area contributed by atoms with Crippen LogP contribution < -0.4 is 19.8 Å². The molecule has 0 radical (unpaired) electrons. The first-order chi connectivity index (χ1) is 17.6. The summed E-state index contributed by atoms with van der Waals surface area (Å²) in [5, 5.41) is 18.9. The number of amidine groups is 1. The van der Waals surface area contributed by atoms with Gasteiger partial charge in [-0.2, -0.15) is 0 Å². The van der Waals surface area contributed by atoms with Crippen molar-refractivity contribution in [1.29, 1.82) is 0 Å². The molecule has 3 aromatic rings. The number of benzene rings is 2. The van der Waals surface area contributed by atoms with E-state index in [4.69, 9.17) is 9.26 Å². The van der Waals surface area contributed by atoms with Gasteiger partial charge < -0.3 is 9.84 Å². The topological polar surface area (TPSA) is 110 Å². The van der Waals surface area contributed by atoms with Gasteiger partial charge >= 0.3 is 5.88 Å². The summed E-state index contributed by atoms with van der Waals surface area (Å²) >= 11 is 1.15. The minimum Gasteiger partial charge on any atom is -0.861 e. The monoisotopic (exact) mass is 504 g/mol. The van der Waals surface area contributed by atoms with E-state index in [2.05, 4.69) is 15.3 Å². The molecule has 0 bridgehead atoms. The zero-order valence-electron chi connectivity index (χ0n) is 19.6. The first kappa shape index (κ1) is 23.8. The maximum absolute atomic E-state index is 13.3. The lowest BCUT2D eigenvalue weighted by Gasteiger charge is -2.18. The third-order valence-electron chi connectivity index (χ3n) is 5.61. The number of hydrogen-bond acceptors (Lipinski definition) is 9. The van der Waals surface area contributed by atoms with Crippen molar-refractivity contribution in [1.82, 2.24) is 5.27 Å². The Kier molecular flexibility index (Phi) is 7.10. The molecule has 184 valence electrons. The summed E-state index contributed by atoms with van der Waals surface area (Å²) in [5.74, 6) is -0.592. The second kappa shape index (κ2) is 10.8. The number of thioether (sulfide) groups is 1. The lowest BCUT2D eigenvalue weighted by atomic mass is 10.1. The van der Waals surface area contributed by atoms with Gasteiger partial charge in [0.05, 0.1) is 36.8 Å². The normalized spacial score (nSPS) is 17.7. The Balaban J connectivity index is 1.34. The van der Waals surface area contributed by atoms with Crippen LogP contribution in [0.3, 0.4) is 0 Å². The third-order valence-corrected chi connectivity index (χ3v) is 6.53. The molecule has 10 nitrogen and oxygen atoms in total. The van der Waals surface area contributed by atoms with E-state index in [1.54, 1.807) is 12.3 Å². The number of amides is 1. The third kappa shape index (κ3) is 5.31. The number of rotatable bonds is 6. The van der Waals surface area contributed by atoms with Crippen molar-refractivity contribution in [2.75, 3.05) is 42.0 Å². The Morgan fingerprint density at radius 1 is 1.17 bits per heavy atom. The number of ether oxygens (including phenoxy) is 1. The average Bonchev–Trinajstić information content (AvgIpc) is 3.49. The molecule has 0 N–H and O–H groups in total. The Bertz CT molecular complexity index is 1330. The van der Waals surface area contributed by atoms with E-state index in [-0.39, 0.29) is 17.5 Å². The molecular weight excluding hydrogens is 480 g/mol. The smallest absolute Gasteiger partial charge is 0.324 e. The van der Waals surface area contributed by atoms with Gasteiger partial charge in [-0.05, 0) is 42.2 Å². The van der Waals surface area contributed by atoms with E-state index in [0.717, 1.165) is 22.9 Å². The van der Waals surface area contributed by atoms with Crippen molar-refractivity contribution >= 4 is 46.4 Å². The highest BCUT2D eigenvalue weighted by Gasteiger charge is 2.32. The minimum absolute atomic E-state index is 0.0225. The van der Waals surface area contributed by atoms with Crippen LogP contribution in [-0.2, 0) is 9.53 Å². The van der Waals surface area contributed by atoms with E-state index in [9.17, 15) is 9.90 Å². The molecule has 1 aromatic heterocycles. The highest BCUT2D eigenvalue weighted by Crippen LogP contribution is 2.29. The van der Waals surface area contributed by atoms with Crippen molar-refractivity contribution < 1.29 is 24.0 Å². The highest BCUT2D eigenvalue weighted by atomic mass is 32.2. The number of para-hydroxylation sites is 1. The van der Waals surface area contributed by atoms with Crippen LogP contribution in [0.5, 0.6) is 0 Å². The molecule has 0 spiro atoms. The zero-order chi connectivity index (χ0) is 24.9. The number of carbonyl (C=O) groups excluding carboxylic acids is 1. The molecule has 1 saturated heterocycles. The minimum atomic E-state index is -0.426. The van der Waals surface area contributed by atoms with Crippen LogP contribution in [0.15, 0.2) is 81.0 Å². The van der Waals surface area contributed by atoms with Gasteiger partial charge in [-0.3, -0.25) is 14.2 Å². The average molecular weight is 505 g/mol. The summed E-state index contributed by atoms with van der Waals surface area (Å²) in [5.41, 5.74) is 2.93. The van der Waals surface area contributed by atoms with Crippen LogP contribution >= 0.6 is 11.8 Å². The standard InChI is InChI=1S/C25H24N6O4S/c1-18-7-5-6-8-19(18)15-21-24(33)31(20-9-3-2-4-10-20)25(26-21)36-17-22(32)27-23-16-30(28-35-23)29-11-13-34-14-12-29/h2-10,15-16H,11-14,17H2,1H3/b21-15+. The van der Waals surface area contributed by atoms with Crippen LogP contribution in [-0.4, -0.2) is 54.3 Å². The van der Waals surface area contributed by atoms with Crippen molar-refractivity contribution in [2.24, 2.45) is 9.98 Å². The van der Waals surface area contributed by atoms with E-state index in [0.29, 0.717) is 42.9 Å². The van der Waals surface area contributed by atoms with Crippen LogP contribution in [0.1, 0.15) is 11.1 Å². The number of nitrogens with zero attached hydrogens (tertiary/aromatic N) is 6. The fraction of sp³-hybridized carbons (Fsp3) is 0.240. The van der Waals surface area contributed by atoms with Gasteiger partial charge in [0.1, 0.15) is 5.70 Å². The summed E-state index contributed by atoms with van der Waals surface area (Å²) in [4.78, 5) is 24.9. The number of carbonyl (C=O) groups is 1. The molecule has 1 fully saturated rings. The van der Waals surface area contributed by atoms with Gasteiger partial charge in [-0.15, -0.1) is 5.01 Å². The van der Waals surface area contributed by atoms with Crippen molar-refractivity contribution in [2.45, 2.75) is 6.92 Å². The highest BCUT2D eigenvalue weighted by molar-refractivity contribution is 8.14. The molecule has 0 atom stereocenters. The number of aryl methyl sites for hydroxylation is 1. The Morgan fingerprint density at radius 2 is 1.92 bits per heavy atom. The van der Waals surface area contributed by atoms with Crippen molar-refractivity contribution in [3.63, 3.8) is 0 Å².